The Balaban J connectivity index is 2.21. The number of aromatic nitrogens is 2. The number of aryl methyl sites for hydroxylation is 1. The van der Waals surface area contributed by atoms with Gasteiger partial charge in [0.25, 0.3) is 5.91 Å². The Morgan fingerprint density at radius 2 is 2.19 bits per heavy atom. The van der Waals surface area contributed by atoms with Crippen LogP contribution in [-0.2, 0) is 0 Å². The molecule has 0 unspecified atom stereocenters. The van der Waals surface area contributed by atoms with Crippen LogP contribution in [0.5, 0.6) is 0 Å². The molecule has 0 aliphatic heterocycles. The lowest BCUT2D eigenvalue weighted by atomic mass is 10.2. The molecule has 2 aromatic rings. The number of nitrogens with one attached hydrogen (secondary N) is 2. The fourth-order valence-electron chi connectivity index (χ4n) is 1.33. The highest BCUT2D eigenvalue weighted by molar-refractivity contribution is 6.04. The average molecular weight is 219 g/mol. The van der Waals surface area contributed by atoms with Gasteiger partial charge in [-0.05, 0) is 19.1 Å². The van der Waals surface area contributed by atoms with Crippen molar-refractivity contribution in [3.63, 3.8) is 0 Å². The van der Waals surface area contributed by atoms with Gasteiger partial charge in [0.05, 0.1) is 17.4 Å². The first kappa shape index (κ1) is 10.4. The molecule has 1 heterocycles. The maximum Gasteiger partial charge on any atom is 0.259 e. The average Bonchev–Trinajstić information content (AvgIpc) is 2.68. The Kier molecular flexibility index (Phi) is 2.68. The summed E-state index contributed by atoms with van der Waals surface area (Å²) < 4.78 is 13.3. The first-order valence-corrected chi connectivity index (χ1v) is 4.74. The summed E-state index contributed by atoms with van der Waals surface area (Å²) in [6.07, 6.45) is 1.41. The second kappa shape index (κ2) is 4.14. The minimum Gasteiger partial charge on any atom is -0.319 e. The second-order valence-corrected chi connectivity index (χ2v) is 3.34. The highest BCUT2D eigenvalue weighted by Crippen LogP contribution is 2.14. The topological polar surface area (TPSA) is 57.8 Å². The molecule has 82 valence electrons. The van der Waals surface area contributed by atoms with Crippen LogP contribution in [0.2, 0.25) is 0 Å². The molecule has 1 amide bonds. The van der Waals surface area contributed by atoms with Crippen LogP contribution in [0.25, 0.3) is 0 Å². The van der Waals surface area contributed by atoms with Crippen molar-refractivity contribution < 1.29 is 9.18 Å². The SMILES string of the molecule is Cc1[nH]ncc1C(=O)Nc1ccccc1F. The Morgan fingerprint density at radius 1 is 1.44 bits per heavy atom. The monoisotopic (exact) mass is 219 g/mol. The van der Waals surface area contributed by atoms with Gasteiger partial charge >= 0.3 is 0 Å². The number of amides is 1. The number of carbonyl (C=O) groups is 1. The van der Waals surface area contributed by atoms with Crippen molar-refractivity contribution in [1.29, 1.82) is 0 Å². The van der Waals surface area contributed by atoms with E-state index in [-0.39, 0.29) is 11.6 Å². The highest BCUT2D eigenvalue weighted by atomic mass is 19.1. The summed E-state index contributed by atoms with van der Waals surface area (Å²) in [5.74, 6) is -0.839. The molecular weight excluding hydrogens is 209 g/mol. The van der Waals surface area contributed by atoms with Crippen molar-refractivity contribution in [2.24, 2.45) is 0 Å². The Bertz CT molecular complexity index is 521. The predicted octanol–water partition coefficient (Wildman–Crippen LogP) is 2.11. The van der Waals surface area contributed by atoms with Crippen molar-refractivity contribution in [1.82, 2.24) is 10.2 Å². The van der Waals surface area contributed by atoms with Crippen LogP contribution >= 0.6 is 0 Å². The minimum atomic E-state index is -0.461. The molecule has 0 bridgehead atoms. The molecule has 0 fully saturated rings. The summed E-state index contributed by atoms with van der Waals surface area (Å²) in [7, 11) is 0. The van der Waals surface area contributed by atoms with E-state index in [2.05, 4.69) is 15.5 Å². The van der Waals surface area contributed by atoms with Gasteiger partial charge in [-0.15, -0.1) is 0 Å². The lowest BCUT2D eigenvalue weighted by Crippen LogP contribution is -2.13. The van der Waals surface area contributed by atoms with Crippen LogP contribution in [0.3, 0.4) is 0 Å². The van der Waals surface area contributed by atoms with Crippen molar-refractivity contribution in [3.05, 3.63) is 47.5 Å². The molecule has 0 saturated carbocycles. The van der Waals surface area contributed by atoms with Crippen LogP contribution < -0.4 is 5.32 Å². The third kappa shape index (κ3) is 1.93. The van der Waals surface area contributed by atoms with Gasteiger partial charge in [-0.2, -0.15) is 5.10 Å². The molecule has 16 heavy (non-hydrogen) atoms. The van der Waals surface area contributed by atoms with E-state index in [1.54, 1.807) is 19.1 Å². The number of anilines is 1. The van der Waals surface area contributed by atoms with Crippen molar-refractivity contribution in [2.45, 2.75) is 6.92 Å². The van der Waals surface area contributed by atoms with Crippen LogP contribution in [0.1, 0.15) is 16.1 Å². The smallest absolute Gasteiger partial charge is 0.259 e. The van der Waals surface area contributed by atoms with Crippen molar-refractivity contribution in [3.8, 4) is 0 Å². The minimum absolute atomic E-state index is 0.160. The fraction of sp³-hybridized carbons (Fsp3) is 0.0909. The Labute approximate surface area is 91.5 Å². The number of carbonyl (C=O) groups excluding carboxylic acids is 1. The lowest BCUT2D eigenvalue weighted by Gasteiger charge is -2.04. The van der Waals surface area contributed by atoms with E-state index in [1.807, 2.05) is 0 Å². The molecule has 0 radical (unpaired) electrons. The number of aromatic amines is 1. The molecule has 0 atom stereocenters. The van der Waals surface area contributed by atoms with E-state index in [9.17, 15) is 9.18 Å². The molecule has 4 nitrogen and oxygen atoms in total. The predicted molar refractivity (Wildman–Crippen MR) is 57.7 cm³/mol. The number of benzene rings is 1. The van der Waals surface area contributed by atoms with Crippen LogP contribution in [-0.4, -0.2) is 16.1 Å². The summed E-state index contributed by atoms with van der Waals surface area (Å²) in [4.78, 5) is 11.7. The molecule has 0 aliphatic carbocycles. The van der Waals surface area contributed by atoms with Crippen LogP contribution in [0, 0.1) is 12.7 Å². The van der Waals surface area contributed by atoms with Gasteiger partial charge in [0.2, 0.25) is 0 Å². The Morgan fingerprint density at radius 3 is 2.81 bits per heavy atom. The first-order valence-electron chi connectivity index (χ1n) is 4.74. The van der Waals surface area contributed by atoms with E-state index in [1.165, 1.54) is 18.3 Å². The molecule has 1 aromatic heterocycles. The maximum atomic E-state index is 13.3. The number of H-pyrrole nitrogens is 1. The summed E-state index contributed by atoms with van der Waals surface area (Å²) in [5.41, 5.74) is 1.21. The third-order valence-corrected chi connectivity index (χ3v) is 2.20. The van der Waals surface area contributed by atoms with Gasteiger partial charge < -0.3 is 5.32 Å². The Hall–Kier alpha value is -2.17. The number of nitrogens with zero attached hydrogens (tertiary/aromatic N) is 1. The van der Waals surface area contributed by atoms with E-state index < -0.39 is 5.82 Å². The van der Waals surface area contributed by atoms with Crippen LogP contribution in [0.4, 0.5) is 10.1 Å². The standard InChI is InChI=1S/C11H10FN3O/c1-7-8(6-13-15-7)11(16)14-10-5-3-2-4-9(10)12/h2-6H,1H3,(H,13,15)(H,14,16). The highest BCUT2D eigenvalue weighted by Gasteiger charge is 2.12. The molecule has 2 N–H and O–H groups in total. The normalized spacial score (nSPS) is 10.1. The number of hydrogen-bond acceptors (Lipinski definition) is 2. The van der Waals surface area contributed by atoms with Gasteiger partial charge in [0.1, 0.15) is 5.82 Å². The number of para-hydroxylation sites is 1. The van der Waals surface area contributed by atoms with E-state index in [4.69, 9.17) is 0 Å². The second-order valence-electron chi connectivity index (χ2n) is 3.34. The maximum absolute atomic E-state index is 13.3. The summed E-state index contributed by atoms with van der Waals surface area (Å²) in [6, 6.07) is 6.01. The molecule has 0 aliphatic rings. The quantitative estimate of drug-likeness (QED) is 0.812. The van der Waals surface area contributed by atoms with Gasteiger partial charge in [0, 0.05) is 5.69 Å². The van der Waals surface area contributed by atoms with Crippen molar-refractivity contribution >= 4 is 11.6 Å². The van der Waals surface area contributed by atoms with E-state index in [0.717, 1.165) is 0 Å². The van der Waals surface area contributed by atoms with E-state index >= 15 is 0 Å². The summed E-state index contributed by atoms with van der Waals surface area (Å²) >= 11 is 0. The van der Waals surface area contributed by atoms with E-state index in [0.29, 0.717) is 11.3 Å². The van der Waals surface area contributed by atoms with Gasteiger partial charge in [0.15, 0.2) is 0 Å². The zero-order valence-corrected chi connectivity index (χ0v) is 8.62. The molecule has 0 saturated heterocycles. The van der Waals surface area contributed by atoms with Gasteiger partial charge in [-0.1, -0.05) is 12.1 Å². The van der Waals surface area contributed by atoms with Gasteiger partial charge in [-0.25, -0.2) is 4.39 Å². The zero-order chi connectivity index (χ0) is 11.5. The number of halogens is 1. The first-order chi connectivity index (χ1) is 7.68. The molecular formula is C11H10FN3O. The number of rotatable bonds is 2. The zero-order valence-electron chi connectivity index (χ0n) is 8.62. The molecule has 1 aromatic carbocycles. The third-order valence-electron chi connectivity index (χ3n) is 2.20. The van der Waals surface area contributed by atoms with Gasteiger partial charge in [-0.3, -0.25) is 9.89 Å². The summed E-state index contributed by atoms with van der Waals surface area (Å²) in [5, 5.41) is 8.85. The fourth-order valence-corrected chi connectivity index (χ4v) is 1.33. The molecule has 0 spiro atoms. The summed E-state index contributed by atoms with van der Waals surface area (Å²) in [6.45, 7) is 1.73. The molecule has 5 heteroatoms. The lowest BCUT2D eigenvalue weighted by molar-refractivity contribution is 0.102. The van der Waals surface area contributed by atoms with Crippen molar-refractivity contribution in [2.75, 3.05) is 5.32 Å². The largest absolute Gasteiger partial charge is 0.319 e. The van der Waals surface area contributed by atoms with Crippen LogP contribution in [0.15, 0.2) is 30.5 Å². The molecule has 2 rings (SSSR count). The number of hydrogen-bond donors (Lipinski definition) is 2.